The molecule has 3 heteroatoms. The molecule has 0 aliphatic rings. The van der Waals surface area contributed by atoms with E-state index in [0.29, 0.717) is 22.3 Å². The second-order valence-corrected chi connectivity index (χ2v) is 3.71. The number of nitrogens with zero attached hydrogens (tertiary/aromatic N) is 2. The summed E-state index contributed by atoms with van der Waals surface area (Å²) in [5, 5.41) is 17.4. The van der Waals surface area contributed by atoms with Crippen LogP contribution in [0.2, 0.25) is 0 Å². The maximum Gasteiger partial charge on any atom is 0.193 e. The summed E-state index contributed by atoms with van der Waals surface area (Å²) in [5.41, 5.74) is 2.09. The van der Waals surface area contributed by atoms with Crippen molar-refractivity contribution in [3.63, 3.8) is 0 Å². The van der Waals surface area contributed by atoms with Crippen molar-refractivity contribution in [3.05, 3.63) is 70.8 Å². The van der Waals surface area contributed by atoms with Crippen LogP contribution in [-0.4, -0.2) is 5.78 Å². The van der Waals surface area contributed by atoms with E-state index in [1.54, 1.807) is 48.5 Å². The van der Waals surface area contributed by atoms with Gasteiger partial charge < -0.3 is 0 Å². The lowest BCUT2D eigenvalue weighted by Crippen LogP contribution is -2.00. The molecule has 0 fully saturated rings. The highest BCUT2D eigenvalue weighted by atomic mass is 16.1. The minimum Gasteiger partial charge on any atom is -0.289 e. The molecule has 3 nitrogen and oxygen atoms in total. The van der Waals surface area contributed by atoms with Gasteiger partial charge in [0.2, 0.25) is 0 Å². The summed E-state index contributed by atoms with van der Waals surface area (Å²) in [4.78, 5) is 12.1. The normalized spacial score (nSPS) is 8.09. The first-order chi connectivity index (χ1) is 10.7. The zero-order chi connectivity index (χ0) is 17.0. The molecule has 2 aromatic rings. The van der Waals surface area contributed by atoms with Crippen molar-refractivity contribution in [2.45, 2.75) is 27.7 Å². The number of carbonyl (C=O) groups excluding carboxylic acids is 1. The number of benzene rings is 2. The summed E-state index contributed by atoms with van der Waals surface area (Å²) in [6, 6.07) is 16.9. The van der Waals surface area contributed by atoms with E-state index in [2.05, 4.69) is 0 Å². The van der Waals surface area contributed by atoms with Gasteiger partial charge >= 0.3 is 0 Å². The van der Waals surface area contributed by atoms with Crippen molar-refractivity contribution in [1.29, 1.82) is 10.5 Å². The molecule has 0 bridgehead atoms. The van der Waals surface area contributed by atoms with Crippen molar-refractivity contribution in [3.8, 4) is 12.1 Å². The number of ketones is 1. The van der Waals surface area contributed by atoms with Gasteiger partial charge in [-0.3, -0.25) is 4.79 Å². The topological polar surface area (TPSA) is 64.7 Å². The molecule has 22 heavy (non-hydrogen) atoms. The van der Waals surface area contributed by atoms with Crippen LogP contribution in [-0.2, 0) is 0 Å². The fourth-order valence-electron chi connectivity index (χ4n) is 1.56. The van der Waals surface area contributed by atoms with Crippen molar-refractivity contribution in [2.24, 2.45) is 0 Å². The average Bonchev–Trinajstić information content (AvgIpc) is 2.64. The highest BCUT2D eigenvalue weighted by molar-refractivity contribution is 6.09. The van der Waals surface area contributed by atoms with Crippen molar-refractivity contribution in [2.75, 3.05) is 0 Å². The minimum atomic E-state index is -0.121. The van der Waals surface area contributed by atoms with Crippen LogP contribution in [0.5, 0.6) is 0 Å². The summed E-state index contributed by atoms with van der Waals surface area (Å²) in [5.74, 6) is -0.121. The Kier molecular flexibility index (Phi) is 9.40. The summed E-state index contributed by atoms with van der Waals surface area (Å²) in [7, 11) is 0. The maximum atomic E-state index is 12.1. The van der Waals surface area contributed by atoms with Gasteiger partial charge in [0.25, 0.3) is 0 Å². The first kappa shape index (κ1) is 19.1. The number of hydrogen-bond acceptors (Lipinski definition) is 3. The smallest absolute Gasteiger partial charge is 0.193 e. The Morgan fingerprint density at radius 3 is 1.18 bits per heavy atom. The molecular formula is C19H20N2O. The first-order valence-corrected chi connectivity index (χ1v) is 7.29. The molecule has 0 unspecified atom stereocenters. The molecular weight excluding hydrogens is 272 g/mol. The van der Waals surface area contributed by atoms with Crippen LogP contribution >= 0.6 is 0 Å². The highest BCUT2D eigenvalue weighted by Crippen LogP contribution is 2.11. The summed E-state index contributed by atoms with van der Waals surface area (Å²) < 4.78 is 0. The van der Waals surface area contributed by atoms with Crippen LogP contribution in [0, 0.1) is 22.7 Å². The predicted octanol–water partition coefficient (Wildman–Crippen LogP) is 4.71. The Bertz CT molecular complexity index is 597. The second kappa shape index (κ2) is 10.8. The third-order valence-corrected chi connectivity index (χ3v) is 2.55. The third kappa shape index (κ3) is 5.23. The summed E-state index contributed by atoms with van der Waals surface area (Å²) >= 11 is 0. The molecule has 112 valence electrons. The van der Waals surface area contributed by atoms with E-state index in [9.17, 15) is 4.79 Å². The molecule has 0 saturated heterocycles. The Morgan fingerprint density at radius 2 is 0.955 bits per heavy atom. The molecule has 2 rings (SSSR count). The van der Waals surface area contributed by atoms with Crippen LogP contribution < -0.4 is 0 Å². The largest absolute Gasteiger partial charge is 0.289 e. The number of carbonyl (C=O) groups is 1. The van der Waals surface area contributed by atoms with Gasteiger partial charge in [-0.1, -0.05) is 27.7 Å². The maximum absolute atomic E-state index is 12.1. The van der Waals surface area contributed by atoms with Gasteiger partial charge in [0, 0.05) is 11.1 Å². The second-order valence-electron chi connectivity index (χ2n) is 3.71. The van der Waals surface area contributed by atoms with Gasteiger partial charge in [0.15, 0.2) is 5.78 Å². The van der Waals surface area contributed by atoms with Gasteiger partial charge in [-0.05, 0) is 48.5 Å². The fraction of sp³-hybridized carbons (Fsp3) is 0.211. The first-order valence-electron chi connectivity index (χ1n) is 7.29. The molecule has 0 saturated carbocycles. The summed E-state index contributed by atoms with van der Waals surface area (Å²) in [6.45, 7) is 8.00. The van der Waals surface area contributed by atoms with Gasteiger partial charge in [0.1, 0.15) is 0 Å². The fourth-order valence-corrected chi connectivity index (χ4v) is 1.56. The van der Waals surface area contributed by atoms with Crippen LogP contribution in [0.1, 0.15) is 54.7 Å². The summed E-state index contributed by atoms with van der Waals surface area (Å²) in [6.07, 6.45) is 0. The molecule has 0 N–H and O–H groups in total. The quantitative estimate of drug-likeness (QED) is 0.753. The van der Waals surface area contributed by atoms with E-state index in [4.69, 9.17) is 10.5 Å². The molecule has 0 radical (unpaired) electrons. The molecule has 0 spiro atoms. The molecule has 0 aromatic heterocycles. The van der Waals surface area contributed by atoms with E-state index in [1.807, 2.05) is 39.8 Å². The van der Waals surface area contributed by atoms with Crippen LogP contribution in [0.25, 0.3) is 0 Å². The standard InChI is InChI=1S/C15H8N2O.2C2H6/c16-9-11-1-5-13(6-2-11)15(18)14-7-3-12(10-17)4-8-14;2*1-2/h1-8H;2*1-2H3. The zero-order valence-electron chi connectivity index (χ0n) is 13.4. The average molecular weight is 292 g/mol. The molecule has 2 aromatic carbocycles. The van der Waals surface area contributed by atoms with Gasteiger partial charge in [-0.2, -0.15) is 10.5 Å². The zero-order valence-corrected chi connectivity index (χ0v) is 13.4. The van der Waals surface area contributed by atoms with Crippen molar-refractivity contribution < 1.29 is 4.79 Å². The van der Waals surface area contributed by atoms with E-state index < -0.39 is 0 Å². The minimum absolute atomic E-state index is 0.121. The van der Waals surface area contributed by atoms with Crippen molar-refractivity contribution in [1.82, 2.24) is 0 Å². The van der Waals surface area contributed by atoms with Gasteiger partial charge in [-0.15, -0.1) is 0 Å². The molecule has 0 heterocycles. The van der Waals surface area contributed by atoms with Crippen LogP contribution in [0.15, 0.2) is 48.5 Å². The molecule has 0 aliphatic heterocycles. The Morgan fingerprint density at radius 1 is 0.682 bits per heavy atom. The SMILES string of the molecule is CC.CC.N#Cc1ccc(C(=O)c2ccc(C#N)cc2)cc1. The van der Waals surface area contributed by atoms with Crippen LogP contribution in [0.4, 0.5) is 0 Å². The lowest BCUT2D eigenvalue weighted by atomic mass is 10.0. The van der Waals surface area contributed by atoms with E-state index in [0.717, 1.165) is 0 Å². The lowest BCUT2D eigenvalue weighted by molar-refractivity contribution is 0.103. The van der Waals surface area contributed by atoms with Crippen molar-refractivity contribution >= 4 is 5.78 Å². The van der Waals surface area contributed by atoms with Gasteiger partial charge in [-0.25, -0.2) is 0 Å². The molecule has 0 atom stereocenters. The Hall–Kier alpha value is -2.91. The number of nitriles is 2. The molecule has 0 amide bonds. The Labute approximate surface area is 132 Å². The predicted molar refractivity (Wildman–Crippen MR) is 88.4 cm³/mol. The van der Waals surface area contributed by atoms with Crippen LogP contribution in [0.3, 0.4) is 0 Å². The van der Waals surface area contributed by atoms with E-state index in [1.165, 1.54) is 0 Å². The third-order valence-electron chi connectivity index (χ3n) is 2.55. The number of hydrogen-bond donors (Lipinski definition) is 0. The number of rotatable bonds is 2. The molecule has 0 aliphatic carbocycles. The van der Waals surface area contributed by atoms with E-state index >= 15 is 0 Å². The van der Waals surface area contributed by atoms with E-state index in [-0.39, 0.29) is 5.78 Å². The Balaban J connectivity index is 0.00000102. The monoisotopic (exact) mass is 292 g/mol. The highest BCUT2D eigenvalue weighted by Gasteiger charge is 2.08. The van der Waals surface area contributed by atoms with Gasteiger partial charge in [0.05, 0.1) is 23.3 Å². The lowest BCUT2D eigenvalue weighted by Gasteiger charge is -2.01.